The lowest BCUT2D eigenvalue weighted by atomic mass is 9.63. The van der Waals surface area contributed by atoms with Crippen LogP contribution in [0.5, 0.6) is 0 Å². The van der Waals surface area contributed by atoms with Crippen LogP contribution in [0.2, 0.25) is 0 Å². The Morgan fingerprint density at radius 3 is 2.62 bits per heavy atom. The van der Waals surface area contributed by atoms with Gasteiger partial charge in [-0.3, -0.25) is 0 Å². The predicted molar refractivity (Wildman–Crippen MR) is 51.3 cm³/mol. The third kappa shape index (κ3) is 1.31. The van der Waals surface area contributed by atoms with Gasteiger partial charge >= 0.3 is 0 Å². The van der Waals surface area contributed by atoms with E-state index in [-0.39, 0.29) is 0 Å². The number of ether oxygens (including phenoxy) is 1. The van der Waals surface area contributed by atoms with Gasteiger partial charge in [0.25, 0.3) is 0 Å². The maximum atomic E-state index is 9.33. The zero-order valence-corrected chi connectivity index (χ0v) is 8.73. The molecule has 6 atom stereocenters. The van der Waals surface area contributed by atoms with Crippen molar-refractivity contribution in [3.05, 3.63) is 0 Å². The molecule has 2 nitrogen and oxygen atoms in total. The third-order valence-corrected chi connectivity index (χ3v) is 4.13. The number of hydrogen-bond acceptors (Lipinski definition) is 2. The van der Waals surface area contributed by atoms with Crippen LogP contribution in [-0.2, 0) is 4.74 Å². The highest BCUT2D eigenvalue weighted by Gasteiger charge is 2.48. The lowest BCUT2D eigenvalue weighted by Gasteiger charge is -2.53. The summed E-state index contributed by atoms with van der Waals surface area (Å²) in [4.78, 5) is 0. The molecule has 76 valence electrons. The van der Waals surface area contributed by atoms with Crippen molar-refractivity contribution in [2.75, 3.05) is 6.61 Å². The molecule has 1 N–H and O–H groups in total. The van der Waals surface area contributed by atoms with Crippen molar-refractivity contribution in [3.63, 3.8) is 0 Å². The Balaban J connectivity index is 2.19. The molecule has 1 aliphatic carbocycles. The van der Waals surface area contributed by atoms with Crippen LogP contribution in [0.15, 0.2) is 0 Å². The van der Waals surface area contributed by atoms with E-state index in [1.807, 2.05) is 0 Å². The molecule has 3 fully saturated rings. The van der Waals surface area contributed by atoms with Gasteiger partial charge in [-0.2, -0.15) is 0 Å². The van der Waals surface area contributed by atoms with Gasteiger partial charge in [0.15, 0.2) is 0 Å². The minimum absolute atomic E-state index is 0.336. The Hall–Kier alpha value is -0.0800. The number of aliphatic hydroxyl groups excluding tert-OH is 1. The summed E-state index contributed by atoms with van der Waals surface area (Å²) < 4.78 is 5.93. The SMILES string of the molecule is CC1O[C@@H]2C(C)C(CO)[C@H]1C[C@@H]2C. The molecule has 2 bridgehead atoms. The van der Waals surface area contributed by atoms with E-state index in [9.17, 15) is 5.11 Å². The summed E-state index contributed by atoms with van der Waals surface area (Å²) in [6.45, 7) is 6.98. The molecule has 13 heavy (non-hydrogen) atoms. The largest absolute Gasteiger partial charge is 0.396 e. The molecule has 0 aromatic rings. The Bertz CT molecular complexity index is 191. The first-order valence-electron chi connectivity index (χ1n) is 5.41. The van der Waals surface area contributed by atoms with E-state index >= 15 is 0 Å². The Labute approximate surface area is 80.3 Å². The number of fused-ring (bicyclic) bond motifs is 3. The summed E-state index contributed by atoms with van der Waals surface area (Å²) in [7, 11) is 0. The molecule has 3 unspecified atom stereocenters. The summed E-state index contributed by atoms with van der Waals surface area (Å²) in [6, 6.07) is 0. The van der Waals surface area contributed by atoms with Crippen LogP contribution < -0.4 is 0 Å². The van der Waals surface area contributed by atoms with Gasteiger partial charge in [-0.1, -0.05) is 13.8 Å². The average molecular weight is 184 g/mol. The van der Waals surface area contributed by atoms with E-state index < -0.39 is 0 Å². The number of aliphatic hydroxyl groups is 1. The van der Waals surface area contributed by atoms with Crippen LogP contribution in [0.4, 0.5) is 0 Å². The maximum Gasteiger partial charge on any atom is 0.0633 e. The van der Waals surface area contributed by atoms with Gasteiger partial charge in [-0.05, 0) is 37.0 Å². The highest BCUT2D eigenvalue weighted by molar-refractivity contribution is 4.96. The van der Waals surface area contributed by atoms with Gasteiger partial charge in [0.1, 0.15) is 0 Å². The first-order valence-corrected chi connectivity index (χ1v) is 5.41. The van der Waals surface area contributed by atoms with Crippen molar-refractivity contribution in [3.8, 4) is 0 Å². The topological polar surface area (TPSA) is 29.5 Å². The van der Waals surface area contributed by atoms with E-state index in [1.54, 1.807) is 0 Å². The third-order valence-electron chi connectivity index (χ3n) is 4.13. The van der Waals surface area contributed by atoms with Crippen molar-refractivity contribution in [1.29, 1.82) is 0 Å². The summed E-state index contributed by atoms with van der Waals surface area (Å²) in [5, 5.41) is 9.33. The molecule has 0 amide bonds. The second-order valence-corrected chi connectivity index (χ2v) is 4.89. The molecule has 2 aliphatic heterocycles. The molecule has 2 heterocycles. The molecule has 0 aromatic heterocycles. The van der Waals surface area contributed by atoms with Gasteiger partial charge in [0.2, 0.25) is 0 Å². The highest BCUT2D eigenvalue weighted by Crippen LogP contribution is 2.47. The van der Waals surface area contributed by atoms with Crippen molar-refractivity contribution in [1.82, 2.24) is 0 Å². The molecular weight excluding hydrogens is 164 g/mol. The molecule has 2 heteroatoms. The van der Waals surface area contributed by atoms with E-state index in [2.05, 4.69) is 20.8 Å². The van der Waals surface area contributed by atoms with E-state index in [4.69, 9.17) is 4.74 Å². The lowest BCUT2D eigenvalue weighted by molar-refractivity contribution is -0.205. The van der Waals surface area contributed by atoms with Crippen molar-refractivity contribution < 1.29 is 9.84 Å². The zero-order valence-electron chi connectivity index (χ0n) is 8.73. The monoisotopic (exact) mass is 184 g/mol. The molecule has 0 aromatic carbocycles. The Morgan fingerprint density at radius 1 is 1.31 bits per heavy atom. The Kier molecular flexibility index (Phi) is 2.37. The fourth-order valence-corrected chi connectivity index (χ4v) is 3.34. The minimum Gasteiger partial charge on any atom is -0.396 e. The van der Waals surface area contributed by atoms with Gasteiger partial charge in [0.05, 0.1) is 12.2 Å². The van der Waals surface area contributed by atoms with Crippen LogP contribution in [-0.4, -0.2) is 23.9 Å². The predicted octanol–water partition coefficient (Wildman–Crippen LogP) is 1.67. The number of hydrogen-bond donors (Lipinski definition) is 1. The molecule has 0 radical (unpaired) electrons. The van der Waals surface area contributed by atoms with Gasteiger partial charge < -0.3 is 9.84 Å². The highest BCUT2D eigenvalue weighted by atomic mass is 16.5. The van der Waals surface area contributed by atoms with Crippen LogP contribution in [0.25, 0.3) is 0 Å². The summed E-state index contributed by atoms with van der Waals surface area (Å²) in [5.41, 5.74) is 0. The normalized spacial score (nSPS) is 55.4. The fourth-order valence-electron chi connectivity index (χ4n) is 3.34. The molecule has 0 spiro atoms. The maximum absolute atomic E-state index is 9.33. The lowest BCUT2D eigenvalue weighted by Crippen LogP contribution is -2.55. The van der Waals surface area contributed by atoms with Crippen LogP contribution in [0.3, 0.4) is 0 Å². The average Bonchev–Trinajstić information content (AvgIpc) is 2.09. The summed E-state index contributed by atoms with van der Waals surface area (Å²) >= 11 is 0. The van der Waals surface area contributed by atoms with E-state index in [0.717, 1.165) is 0 Å². The zero-order chi connectivity index (χ0) is 9.59. The smallest absolute Gasteiger partial charge is 0.0633 e. The van der Waals surface area contributed by atoms with E-state index in [0.29, 0.717) is 42.5 Å². The second kappa shape index (κ2) is 3.25. The van der Waals surface area contributed by atoms with Crippen molar-refractivity contribution in [2.24, 2.45) is 23.7 Å². The summed E-state index contributed by atoms with van der Waals surface area (Å²) in [5.74, 6) is 2.28. The number of rotatable bonds is 1. The molecular formula is C11H20O2. The second-order valence-electron chi connectivity index (χ2n) is 4.89. The van der Waals surface area contributed by atoms with Crippen molar-refractivity contribution >= 4 is 0 Å². The van der Waals surface area contributed by atoms with Gasteiger partial charge in [0, 0.05) is 6.61 Å². The molecule has 2 saturated heterocycles. The Morgan fingerprint density at radius 2 is 2.00 bits per heavy atom. The summed E-state index contributed by atoms with van der Waals surface area (Å²) in [6.07, 6.45) is 1.98. The molecule has 3 aliphatic rings. The first kappa shape index (κ1) is 9.47. The van der Waals surface area contributed by atoms with Gasteiger partial charge in [-0.25, -0.2) is 0 Å². The molecule has 1 saturated carbocycles. The van der Waals surface area contributed by atoms with Crippen LogP contribution in [0, 0.1) is 23.7 Å². The first-order chi connectivity index (χ1) is 6.15. The standard InChI is InChI=1S/C11H20O2/c1-6-4-9-8(3)13-11(6)7(2)10(9)5-12/h6-12H,4-5H2,1-3H3/t6-,7?,8?,9-,10?,11-/m0/s1. The molecule has 3 rings (SSSR count). The van der Waals surface area contributed by atoms with Crippen LogP contribution in [0.1, 0.15) is 27.2 Å². The van der Waals surface area contributed by atoms with E-state index in [1.165, 1.54) is 6.42 Å². The fraction of sp³-hybridized carbons (Fsp3) is 1.00. The van der Waals surface area contributed by atoms with Crippen LogP contribution >= 0.6 is 0 Å². The van der Waals surface area contributed by atoms with Gasteiger partial charge in [-0.15, -0.1) is 0 Å². The quantitative estimate of drug-likeness (QED) is 0.671. The minimum atomic E-state index is 0.336. The van der Waals surface area contributed by atoms with Crippen molar-refractivity contribution in [2.45, 2.75) is 39.4 Å².